The van der Waals surface area contributed by atoms with Crippen LogP contribution >= 0.6 is 0 Å². The Morgan fingerprint density at radius 2 is 2.00 bits per heavy atom. The normalized spacial score (nSPS) is 12.4. The Balaban J connectivity index is 2.63. The van der Waals surface area contributed by atoms with E-state index in [0.29, 0.717) is 13.1 Å². The van der Waals surface area contributed by atoms with Crippen LogP contribution in [-0.2, 0) is 6.54 Å². The van der Waals surface area contributed by atoms with Crippen molar-refractivity contribution in [2.75, 3.05) is 13.1 Å². The average molecular weight is 226 g/mol. The molecular formula is C12H22N2O2. The quantitative estimate of drug-likeness (QED) is 0.833. The van der Waals surface area contributed by atoms with Gasteiger partial charge in [-0.3, -0.25) is 4.90 Å². The van der Waals surface area contributed by atoms with E-state index in [1.165, 1.54) is 0 Å². The van der Waals surface area contributed by atoms with Crippen molar-refractivity contribution in [2.45, 2.75) is 46.8 Å². The minimum absolute atomic E-state index is 0.615. The fourth-order valence-corrected chi connectivity index (χ4v) is 1.62. The predicted octanol–water partition coefficient (Wildman–Crippen LogP) is 1.88. The van der Waals surface area contributed by atoms with Crippen molar-refractivity contribution in [2.24, 2.45) is 0 Å². The number of aryl methyl sites for hydroxylation is 2. The van der Waals surface area contributed by atoms with Crippen LogP contribution in [0.1, 0.15) is 38.1 Å². The molecule has 0 fully saturated rings. The van der Waals surface area contributed by atoms with Gasteiger partial charge in [-0.1, -0.05) is 6.92 Å². The molecule has 4 nitrogen and oxygen atoms in total. The van der Waals surface area contributed by atoms with Gasteiger partial charge in [0.1, 0.15) is 5.76 Å². The standard InChI is InChI=1S/C12H22N2O2/c1-6-14(8-12(4,5)15)7-11-13-9(2)10(3)16-11/h15H,6-8H2,1-5H3. The smallest absolute Gasteiger partial charge is 0.208 e. The van der Waals surface area contributed by atoms with E-state index in [-0.39, 0.29) is 0 Å². The van der Waals surface area contributed by atoms with Crippen molar-refractivity contribution < 1.29 is 9.52 Å². The van der Waals surface area contributed by atoms with E-state index < -0.39 is 5.60 Å². The highest BCUT2D eigenvalue weighted by molar-refractivity contribution is 5.05. The van der Waals surface area contributed by atoms with Gasteiger partial charge < -0.3 is 9.52 Å². The fraction of sp³-hybridized carbons (Fsp3) is 0.750. The van der Waals surface area contributed by atoms with Gasteiger partial charge in [0.2, 0.25) is 5.89 Å². The van der Waals surface area contributed by atoms with E-state index in [4.69, 9.17) is 4.42 Å². The van der Waals surface area contributed by atoms with E-state index in [1.807, 2.05) is 27.7 Å². The lowest BCUT2D eigenvalue weighted by atomic mass is 10.1. The van der Waals surface area contributed by atoms with Crippen molar-refractivity contribution in [3.63, 3.8) is 0 Å². The molecule has 0 saturated carbocycles. The first kappa shape index (κ1) is 13.2. The van der Waals surface area contributed by atoms with Crippen LogP contribution in [-0.4, -0.2) is 33.7 Å². The van der Waals surface area contributed by atoms with Crippen LogP contribution in [0.2, 0.25) is 0 Å². The summed E-state index contributed by atoms with van der Waals surface area (Å²) in [6.45, 7) is 11.7. The molecule has 4 heteroatoms. The minimum atomic E-state index is -0.688. The molecule has 0 aromatic carbocycles. The summed E-state index contributed by atoms with van der Waals surface area (Å²) in [5.41, 5.74) is 0.251. The highest BCUT2D eigenvalue weighted by Gasteiger charge is 2.19. The van der Waals surface area contributed by atoms with Crippen LogP contribution in [0.25, 0.3) is 0 Å². The van der Waals surface area contributed by atoms with Crippen molar-refractivity contribution in [1.82, 2.24) is 9.88 Å². The molecule has 1 aromatic rings. The molecular weight excluding hydrogens is 204 g/mol. The summed E-state index contributed by atoms with van der Waals surface area (Å²) in [4.78, 5) is 6.45. The van der Waals surface area contributed by atoms with Crippen LogP contribution in [0.5, 0.6) is 0 Å². The van der Waals surface area contributed by atoms with Gasteiger partial charge in [-0.15, -0.1) is 0 Å². The lowest BCUT2D eigenvalue weighted by molar-refractivity contribution is 0.0328. The zero-order valence-electron chi connectivity index (χ0n) is 10.9. The van der Waals surface area contributed by atoms with Crippen molar-refractivity contribution in [1.29, 1.82) is 0 Å². The first-order valence-electron chi connectivity index (χ1n) is 5.69. The first-order chi connectivity index (χ1) is 7.31. The Bertz CT molecular complexity index is 320. The van der Waals surface area contributed by atoms with Gasteiger partial charge in [0.25, 0.3) is 0 Å². The molecule has 0 atom stereocenters. The van der Waals surface area contributed by atoms with Crippen molar-refractivity contribution >= 4 is 0 Å². The van der Waals surface area contributed by atoms with Crippen molar-refractivity contribution in [3.8, 4) is 0 Å². The molecule has 0 radical (unpaired) electrons. The number of likely N-dealkylation sites (N-methyl/N-ethyl adjacent to an activating group) is 1. The molecule has 1 heterocycles. The monoisotopic (exact) mass is 226 g/mol. The van der Waals surface area contributed by atoms with E-state index in [1.54, 1.807) is 0 Å². The maximum atomic E-state index is 9.76. The van der Waals surface area contributed by atoms with Crippen LogP contribution < -0.4 is 0 Å². The van der Waals surface area contributed by atoms with Crippen LogP contribution in [0.4, 0.5) is 0 Å². The van der Waals surface area contributed by atoms with Crippen LogP contribution in [0.3, 0.4) is 0 Å². The second-order valence-corrected chi connectivity index (χ2v) is 4.86. The van der Waals surface area contributed by atoms with Gasteiger partial charge >= 0.3 is 0 Å². The predicted molar refractivity (Wildman–Crippen MR) is 63.2 cm³/mol. The molecule has 0 aliphatic heterocycles. The fourth-order valence-electron chi connectivity index (χ4n) is 1.62. The van der Waals surface area contributed by atoms with Gasteiger partial charge in [-0.25, -0.2) is 4.98 Å². The van der Waals surface area contributed by atoms with Crippen LogP contribution in [0, 0.1) is 13.8 Å². The van der Waals surface area contributed by atoms with E-state index in [2.05, 4.69) is 16.8 Å². The Hall–Kier alpha value is -0.870. The first-order valence-corrected chi connectivity index (χ1v) is 5.69. The molecule has 0 aliphatic carbocycles. The summed E-state index contributed by atoms with van der Waals surface area (Å²) in [6, 6.07) is 0. The Morgan fingerprint density at radius 1 is 1.38 bits per heavy atom. The lowest BCUT2D eigenvalue weighted by Crippen LogP contribution is -2.38. The number of rotatable bonds is 5. The van der Waals surface area contributed by atoms with Gasteiger partial charge in [0.05, 0.1) is 17.8 Å². The SMILES string of the molecule is CCN(Cc1nc(C)c(C)o1)CC(C)(C)O. The second-order valence-electron chi connectivity index (χ2n) is 4.86. The molecule has 0 aliphatic rings. The second kappa shape index (κ2) is 4.97. The third kappa shape index (κ3) is 3.94. The highest BCUT2D eigenvalue weighted by atomic mass is 16.4. The summed E-state index contributed by atoms with van der Waals surface area (Å²) in [5, 5.41) is 9.76. The zero-order chi connectivity index (χ0) is 12.3. The average Bonchev–Trinajstić information content (AvgIpc) is 2.42. The van der Waals surface area contributed by atoms with Gasteiger partial charge in [0.15, 0.2) is 0 Å². The Labute approximate surface area is 97.3 Å². The summed E-state index contributed by atoms with van der Waals surface area (Å²) >= 11 is 0. The third-order valence-electron chi connectivity index (χ3n) is 2.49. The van der Waals surface area contributed by atoms with E-state index in [9.17, 15) is 5.11 Å². The molecule has 92 valence electrons. The van der Waals surface area contributed by atoms with Gasteiger partial charge in [-0.05, 0) is 34.2 Å². The molecule has 0 bridgehead atoms. The lowest BCUT2D eigenvalue weighted by Gasteiger charge is -2.26. The van der Waals surface area contributed by atoms with Gasteiger partial charge in [0, 0.05) is 6.54 Å². The maximum Gasteiger partial charge on any atom is 0.208 e. The number of aromatic nitrogens is 1. The highest BCUT2D eigenvalue weighted by Crippen LogP contribution is 2.12. The largest absolute Gasteiger partial charge is 0.444 e. The van der Waals surface area contributed by atoms with Crippen molar-refractivity contribution in [3.05, 3.63) is 17.3 Å². The number of nitrogens with zero attached hydrogens (tertiary/aromatic N) is 2. The topological polar surface area (TPSA) is 49.5 Å². The number of hydrogen-bond acceptors (Lipinski definition) is 4. The third-order valence-corrected chi connectivity index (χ3v) is 2.49. The van der Waals surface area contributed by atoms with Crippen LogP contribution in [0.15, 0.2) is 4.42 Å². The minimum Gasteiger partial charge on any atom is -0.444 e. The molecule has 16 heavy (non-hydrogen) atoms. The summed E-state index contributed by atoms with van der Waals surface area (Å²) in [5.74, 6) is 1.59. The summed E-state index contributed by atoms with van der Waals surface area (Å²) < 4.78 is 5.53. The number of hydrogen-bond donors (Lipinski definition) is 1. The number of aliphatic hydroxyl groups is 1. The van der Waals surface area contributed by atoms with E-state index in [0.717, 1.165) is 23.9 Å². The zero-order valence-corrected chi connectivity index (χ0v) is 10.9. The number of oxazole rings is 1. The van der Waals surface area contributed by atoms with Gasteiger partial charge in [-0.2, -0.15) is 0 Å². The van der Waals surface area contributed by atoms with E-state index >= 15 is 0 Å². The Morgan fingerprint density at radius 3 is 2.38 bits per heavy atom. The maximum absolute atomic E-state index is 9.76. The summed E-state index contributed by atoms with van der Waals surface area (Å²) in [7, 11) is 0. The molecule has 1 N–H and O–H groups in total. The summed E-state index contributed by atoms with van der Waals surface area (Å²) in [6.07, 6.45) is 0. The molecule has 1 aromatic heterocycles. The molecule has 0 amide bonds. The molecule has 0 saturated heterocycles. The Kier molecular flexibility index (Phi) is 4.10. The molecule has 0 unspecified atom stereocenters. The molecule has 1 rings (SSSR count). The molecule has 0 spiro atoms.